The molecule has 15 heteroatoms. The molecule has 4 aliphatic rings. The van der Waals surface area contributed by atoms with Crippen molar-refractivity contribution in [3.8, 4) is 0 Å². The second-order valence-electron chi connectivity index (χ2n) is 13.8. The minimum atomic E-state index is -1.64. The topological polar surface area (TPSA) is 190 Å². The number of piperidine rings is 1. The molecule has 0 radical (unpaired) electrons. The third-order valence-electron chi connectivity index (χ3n) is 8.46. The zero-order valence-corrected chi connectivity index (χ0v) is 27.5. The summed E-state index contributed by atoms with van der Waals surface area (Å²) in [6, 6.07) is -3.63. The van der Waals surface area contributed by atoms with Crippen molar-refractivity contribution >= 4 is 35.9 Å². The first-order valence-electron chi connectivity index (χ1n) is 15.7. The van der Waals surface area contributed by atoms with Crippen molar-refractivity contribution in [1.29, 1.82) is 0 Å². The number of carbonyl (C=O) groups is 6. The highest BCUT2D eigenvalue weighted by Gasteiger charge is 2.71. The maximum Gasteiger partial charge on any atom is 0.410 e. The van der Waals surface area contributed by atoms with Crippen LogP contribution in [0.1, 0.15) is 74.1 Å². The number of amides is 4. The molecule has 0 aromatic carbocycles. The summed E-state index contributed by atoms with van der Waals surface area (Å²) in [4.78, 5) is 80.3. The van der Waals surface area contributed by atoms with Gasteiger partial charge in [-0.3, -0.25) is 19.2 Å². The van der Waals surface area contributed by atoms with Crippen LogP contribution in [-0.4, -0.2) is 118 Å². The third kappa shape index (κ3) is 7.56. The van der Waals surface area contributed by atoms with E-state index >= 15 is 0 Å². The van der Waals surface area contributed by atoms with Gasteiger partial charge in [-0.2, -0.15) is 0 Å². The van der Waals surface area contributed by atoms with E-state index < -0.39 is 83.6 Å². The fourth-order valence-electron chi connectivity index (χ4n) is 6.86. The van der Waals surface area contributed by atoms with Crippen LogP contribution in [0.2, 0.25) is 0 Å². The van der Waals surface area contributed by atoms with Gasteiger partial charge in [-0.25, -0.2) is 9.59 Å². The predicted octanol–water partition coefficient (Wildman–Crippen LogP) is 1.16. The minimum absolute atomic E-state index is 0.0269. The molecule has 3 heterocycles. The van der Waals surface area contributed by atoms with Gasteiger partial charge in [0.1, 0.15) is 29.9 Å². The lowest BCUT2D eigenvalue weighted by atomic mass is 9.66. The third-order valence-corrected chi connectivity index (χ3v) is 8.46. The number of aliphatic hydroxyl groups excluding tert-OH is 1. The second kappa shape index (κ2) is 13.5. The van der Waals surface area contributed by atoms with E-state index in [9.17, 15) is 33.9 Å². The van der Waals surface area contributed by atoms with Crippen LogP contribution in [0.3, 0.4) is 0 Å². The number of aliphatic hydroxyl groups is 1. The molecule has 4 amide bonds. The van der Waals surface area contributed by atoms with Gasteiger partial charge >= 0.3 is 24.1 Å². The maximum atomic E-state index is 14.0. The van der Waals surface area contributed by atoms with E-state index in [0.717, 1.165) is 5.57 Å². The number of alkyl carbamates (subject to hydrolysis) is 1. The van der Waals surface area contributed by atoms with E-state index in [0.29, 0.717) is 19.5 Å². The SMILES string of the molecule is CC(=O)O[C@@H]1C[C@@H]2[C@H](OC(C)=O)[C@@]3(C1)OC(=O)N[C@H]3[C@H](C(=O)NCCC1=CCN(C(=O)OC(C)(C)C)C1)N2C(=O)[C@@H](O)CC(C)C. The monoisotopic (exact) mass is 650 g/mol. The van der Waals surface area contributed by atoms with Crippen molar-refractivity contribution in [3.05, 3.63) is 11.6 Å². The molecule has 1 spiro atoms. The first-order valence-corrected chi connectivity index (χ1v) is 15.7. The Hall–Kier alpha value is -3.88. The Morgan fingerprint density at radius 3 is 2.43 bits per heavy atom. The van der Waals surface area contributed by atoms with Gasteiger partial charge in [0, 0.05) is 46.3 Å². The van der Waals surface area contributed by atoms with E-state index in [-0.39, 0.29) is 31.7 Å². The van der Waals surface area contributed by atoms with Crippen molar-refractivity contribution in [1.82, 2.24) is 20.4 Å². The van der Waals surface area contributed by atoms with Gasteiger partial charge < -0.3 is 44.5 Å². The molecule has 3 aliphatic heterocycles. The number of rotatable bonds is 9. The Morgan fingerprint density at radius 1 is 1.15 bits per heavy atom. The molecule has 46 heavy (non-hydrogen) atoms. The molecule has 3 N–H and O–H groups in total. The van der Waals surface area contributed by atoms with Crippen LogP contribution in [0.15, 0.2) is 11.6 Å². The lowest BCUT2D eigenvalue weighted by molar-refractivity contribution is -0.223. The van der Waals surface area contributed by atoms with Crippen LogP contribution in [-0.2, 0) is 38.1 Å². The smallest absolute Gasteiger partial charge is 0.410 e. The van der Waals surface area contributed by atoms with Crippen LogP contribution in [0, 0.1) is 5.92 Å². The Kier molecular flexibility index (Phi) is 10.2. The number of carbonyl (C=O) groups excluding carboxylic acids is 6. The first-order chi connectivity index (χ1) is 21.4. The Morgan fingerprint density at radius 2 is 1.83 bits per heavy atom. The summed E-state index contributed by atoms with van der Waals surface area (Å²) in [6.45, 7) is 12.2. The van der Waals surface area contributed by atoms with E-state index in [1.165, 1.54) is 18.7 Å². The quantitative estimate of drug-likeness (QED) is 0.184. The molecule has 7 atom stereocenters. The van der Waals surface area contributed by atoms with Crippen molar-refractivity contribution < 1.29 is 52.8 Å². The Bertz CT molecular complexity index is 1280. The van der Waals surface area contributed by atoms with Gasteiger partial charge in [-0.05, 0) is 39.5 Å². The highest BCUT2D eigenvalue weighted by molar-refractivity contribution is 5.92. The van der Waals surface area contributed by atoms with Crippen LogP contribution >= 0.6 is 0 Å². The van der Waals surface area contributed by atoms with Crippen LogP contribution < -0.4 is 10.6 Å². The number of nitrogens with zero attached hydrogens (tertiary/aromatic N) is 2. The molecule has 0 unspecified atom stereocenters. The molecule has 0 aromatic rings. The average molecular weight is 651 g/mol. The molecule has 4 rings (SSSR count). The number of hydrogen-bond donors (Lipinski definition) is 3. The normalized spacial score (nSPS) is 29.2. The Balaban J connectivity index is 1.60. The molecule has 3 fully saturated rings. The van der Waals surface area contributed by atoms with Crippen LogP contribution in [0.25, 0.3) is 0 Å². The van der Waals surface area contributed by atoms with Gasteiger partial charge in [-0.1, -0.05) is 25.5 Å². The standard InChI is InChI=1S/C31H46N4O11/c1-16(2)12-22(38)27(40)35-21-13-20(43-17(3)36)14-31(25(21)44-18(4)37)24(33-28(41)45-31)23(35)26(39)32-10-8-19-9-11-34(15-19)29(42)46-30(5,6)7/h9,16,20-25,38H,8,10-15H2,1-7H3,(H,32,39)(H,33,41)/t20-,21-,22+,23-,24+,25+,31+/m1/s1. The average Bonchev–Trinajstić information content (AvgIpc) is 3.50. The maximum absolute atomic E-state index is 14.0. The first kappa shape index (κ1) is 35.0. The number of likely N-dealkylation sites (tertiary alicyclic amines) is 1. The number of ether oxygens (including phenoxy) is 4. The summed E-state index contributed by atoms with van der Waals surface area (Å²) in [7, 11) is 0. The molecule has 2 saturated heterocycles. The van der Waals surface area contributed by atoms with Crippen LogP contribution in [0.4, 0.5) is 9.59 Å². The lowest BCUT2D eigenvalue weighted by Gasteiger charge is -2.58. The highest BCUT2D eigenvalue weighted by Crippen LogP contribution is 2.49. The highest BCUT2D eigenvalue weighted by atomic mass is 16.6. The van der Waals surface area contributed by atoms with Crippen molar-refractivity contribution in [2.75, 3.05) is 19.6 Å². The largest absolute Gasteiger partial charge is 0.462 e. The molecular weight excluding hydrogens is 604 g/mol. The molecule has 1 saturated carbocycles. The molecule has 256 valence electrons. The second-order valence-corrected chi connectivity index (χ2v) is 13.8. The molecule has 1 aliphatic carbocycles. The van der Waals surface area contributed by atoms with Crippen LogP contribution in [0.5, 0.6) is 0 Å². The number of hydrogen-bond acceptors (Lipinski definition) is 11. The predicted molar refractivity (Wildman–Crippen MR) is 160 cm³/mol. The van der Waals surface area contributed by atoms with Gasteiger partial charge in [0.25, 0.3) is 5.91 Å². The van der Waals surface area contributed by atoms with Crippen molar-refractivity contribution in [2.24, 2.45) is 5.92 Å². The van der Waals surface area contributed by atoms with E-state index in [1.54, 1.807) is 25.7 Å². The summed E-state index contributed by atoms with van der Waals surface area (Å²) in [5.41, 5.74) is -1.38. The molecule has 2 bridgehead atoms. The van der Waals surface area contributed by atoms with Crippen molar-refractivity contribution in [2.45, 2.75) is 122 Å². The molecular formula is C31H46N4O11. The summed E-state index contributed by atoms with van der Waals surface area (Å²) in [5, 5.41) is 16.5. The summed E-state index contributed by atoms with van der Waals surface area (Å²) < 4.78 is 22.4. The zero-order chi connectivity index (χ0) is 34.1. The fraction of sp³-hybridized carbons (Fsp3) is 0.742. The lowest BCUT2D eigenvalue weighted by Crippen LogP contribution is -2.80. The summed E-state index contributed by atoms with van der Waals surface area (Å²) in [6.07, 6.45) is -2.62. The zero-order valence-electron chi connectivity index (χ0n) is 27.5. The van der Waals surface area contributed by atoms with Gasteiger partial charge in [0.15, 0.2) is 11.7 Å². The number of fused-ring (bicyclic) bond motifs is 1. The summed E-state index contributed by atoms with van der Waals surface area (Å²) >= 11 is 0. The number of nitrogens with one attached hydrogen (secondary N) is 2. The summed E-state index contributed by atoms with van der Waals surface area (Å²) in [5.74, 6) is -2.79. The van der Waals surface area contributed by atoms with Gasteiger partial charge in [0.2, 0.25) is 5.91 Å². The minimum Gasteiger partial charge on any atom is -0.462 e. The van der Waals surface area contributed by atoms with E-state index in [1.807, 2.05) is 19.9 Å². The van der Waals surface area contributed by atoms with Gasteiger partial charge in [0.05, 0.1) is 6.04 Å². The Labute approximate surface area is 268 Å². The van der Waals surface area contributed by atoms with E-state index in [2.05, 4.69) is 10.6 Å². The fourth-order valence-corrected chi connectivity index (χ4v) is 6.86. The van der Waals surface area contributed by atoms with Crippen molar-refractivity contribution in [3.63, 3.8) is 0 Å². The van der Waals surface area contributed by atoms with E-state index in [4.69, 9.17) is 18.9 Å². The molecule has 15 nitrogen and oxygen atoms in total. The number of esters is 2. The molecule has 0 aromatic heterocycles. The van der Waals surface area contributed by atoms with Gasteiger partial charge in [-0.15, -0.1) is 0 Å².